The molecule has 0 unspecified atom stereocenters. The summed E-state index contributed by atoms with van der Waals surface area (Å²) >= 11 is 3.32. The van der Waals surface area contributed by atoms with Crippen LogP contribution in [-0.4, -0.2) is 28.3 Å². The van der Waals surface area contributed by atoms with Gasteiger partial charge in [0.15, 0.2) is 0 Å². The zero-order valence-corrected chi connectivity index (χ0v) is 20.0. The van der Waals surface area contributed by atoms with E-state index in [0.29, 0.717) is 0 Å². The first-order valence-corrected chi connectivity index (χ1v) is 11.0. The maximum absolute atomic E-state index is 6.00. The Morgan fingerprint density at radius 2 is 1.31 bits per heavy atom. The number of rotatable bonds is 3. The zero-order valence-electron chi connectivity index (χ0n) is 18.4. The van der Waals surface area contributed by atoms with Gasteiger partial charge in [0.05, 0.1) is 21.9 Å². The molecule has 1 aliphatic rings. The van der Waals surface area contributed by atoms with Crippen molar-refractivity contribution in [3.8, 4) is 22.6 Å². The molecular formula is C24H24BBrN2O4. The Balaban J connectivity index is 0.000000174. The second-order valence-electron chi connectivity index (χ2n) is 8.45. The van der Waals surface area contributed by atoms with E-state index < -0.39 is 7.12 Å². The molecule has 5 heterocycles. The van der Waals surface area contributed by atoms with E-state index >= 15 is 0 Å². The molecule has 1 aliphatic heterocycles. The Bertz CT molecular complexity index is 1140. The van der Waals surface area contributed by atoms with Crippen LogP contribution in [0.2, 0.25) is 0 Å². The molecule has 8 heteroatoms. The lowest BCUT2D eigenvalue weighted by molar-refractivity contribution is 0.00578. The molecule has 1 fully saturated rings. The SMILES string of the molecule is Brc1coc(-c2cccnc2)c1.CC1(C)OB(c2coc(-c3cccnc3)c2)OC1(C)C. The number of nitrogens with zero attached hydrogens (tertiary/aromatic N) is 2. The molecule has 0 spiro atoms. The van der Waals surface area contributed by atoms with Crippen LogP contribution >= 0.6 is 15.9 Å². The van der Waals surface area contributed by atoms with Crippen LogP contribution in [0.25, 0.3) is 22.6 Å². The lowest BCUT2D eigenvalue weighted by atomic mass is 9.81. The molecule has 6 nitrogen and oxygen atoms in total. The fourth-order valence-electron chi connectivity index (χ4n) is 3.09. The Hall–Kier alpha value is -2.68. The summed E-state index contributed by atoms with van der Waals surface area (Å²) < 4.78 is 23.8. The summed E-state index contributed by atoms with van der Waals surface area (Å²) in [6.45, 7) is 8.15. The average molecular weight is 495 g/mol. The highest BCUT2D eigenvalue weighted by atomic mass is 79.9. The predicted octanol–water partition coefficient (Wildman–Crippen LogP) is 5.74. The fraction of sp³-hybridized carbons (Fsp3) is 0.250. The van der Waals surface area contributed by atoms with Crippen LogP contribution in [0, 0.1) is 0 Å². The second kappa shape index (κ2) is 9.06. The Kier molecular flexibility index (Phi) is 6.37. The molecule has 0 saturated carbocycles. The van der Waals surface area contributed by atoms with Crippen LogP contribution in [-0.2, 0) is 9.31 Å². The summed E-state index contributed by atoms with van der Waals surface area (Å²) in [4.78, 5) is 8.09. The summed E-state index contributed by atoms with van der Waals surface area (Å²) in [5, 5.41) is 0. The van der Waals surface area contributed by atoms with Crippen LogP contribution in [0.4, 0.5) is 0 Å². The Morgan fingerprint density at radius 3 is 1.78 bits per heavy atom. The molecule has 4 aromatic heterocycles. The van der Waals surface area contributed by atoms with Gasteiger partial charge in [-0.25, -0.2) is 0 Å². The Morgan fingerprint density at radius 1 is 0.781 bits per heavy atom. The summed E-state index contributed by atoms with van der Waals surface area (Å²) in [5.74, 6) is 1.60. The standard InChI is InChI=1S/C15H18BNO3.C9H6BrNO/c1-14(2)15(3,4)20-16(19-14)12-8-13(18-10-12)11-6-5-7-17-9-11;10-8-4-9(12-6-8)7-2-1-3-11-5-7/h5-10H,1-4H3;1-6H. The number of hydrogen-bond donors (Lipinski definition) is 0. The number of hydrogen-bond acceptors (Lipinski definition) is 6. The monoisotopic (exact) mass is 494 g/mol. The molecule has 0 aromatic carbocycles. The Labute approximate surface area is 196 Å². The van der Waals surface area contributed by atoms with Gasteiger partial charge in [-0.1, -0.05) is 0 Å². The lowest BCUT2D eigenvalue weighted by Crippen LogP contribution is -2.41. The van der Waals surface area contributed by atoms with Crippen molar-refractivity contribution in [3.05, 3.63) is 78.2 Å². The van der Waals surface area contributed by atoms with E-state index in [0.717, 1.165) is 32.6 Å². The maximum atomic E-state index is 6.00. The maximum Gasteiger partial charge on any atom is 0.498 e. The summed E-state index contributed by atoms with van der Waals surface area (Å²) in [5.41, 5.74) is 2.13. The molecule has 32 heavy (non-hydrogen) atoms. The van der Waals surface area contributed by atoms with Crippen molar-refractivity contribution in [2.24, 2.45) is 0 Å². The molecule has 0 amide bonds. The number of furan rings is 2. The van der Waals surface area contributed by atoms with Gasteiger partial charge in [0.2, 0.25) is 0 Å². The van der Waals surface area contributed by atoms with Crippen LogP contribution < -0.4 is 5.46 Å². The molecule has 5 rings (SSSR count). The zero-order chi connectivity index (χ0) is 22.8. The van der Waals surface area contributed by atoms with Gasteiger partial charge < -0.3 is 18.1 Å². The van der Waals surface area contributed by atoms with E-state index in [4.69, 9.17) is 18.1 Å². The van der Waals surface area contributed by atoms with Gasteiger partial charge >= 0.3 is 7.12 Å². The quantitative estimate of drug-likeness (QED) is 0.338. The lowest BCUT2D eigenvalue weighted by Gasteiger charge is -2.32. The van der Waals surface area contributed by atoms with E-state index in [-0.39, 0.29) is 11.2 Å². The van der Waals surface area contributed by atoms with Crippen LogP contribution in [0.5, 0.6) is 0 Å². The third kappa shape index (κ3) is 4.87. The largest absolute Gasteiger partial charge is 0.498 e. The molecular weight excluding hydrogens is 471 g/mol. The van der Waals surface area contributed by atoms with E-state index in [1.54, 1.807) is 37.3 Å². The highest BCUT2D eigenvalue weighted by Gasteiger charge is 2.52. The van der Waals surface area contributed by atoms with Gasteiger partial charge in [0, 0.05) is 41.4 Å². The van der Waals surface area contributed by atoms with Crippen molar-refractivity contribution >= 4 is 28.5 Å². The minimum atomic E-state index is -0.394. The van der Waals surface area contributed by atoms with Crippen LogP contribution in [0.15, 0.2) is 87.0 Å². The van der Waals surface area contributed by atoms with E-state index in [1.807, 2.05) is 64.1 Å². The molecule has 0 atom stereocenters. The molecule has 0 bridgehead atoms. The van der Waals surface area contributed by atoms with Gasteiger partial charge in [-0.15, -0.1) is 0 Å². The van der Waals surface area contributed by atoms with Gasteiger partial charge in [-0.05, 0) is 80.0 Å². The van der Waals surface area contributed by atoms with Crippen molar-refractivity contribution in [1.82, 2.24) is 9.97 Å². The first-order valence-electron chi connectivity index (χ1n) is 10.2. The smallest absolute Gasteiger partial charge is 0.465 e. The second-order valence-corrected chi connectivity index (χ2v) is 9.36. The van der Waals surface area contributed by atoms with Gasteiger partial charge in [-0.3, -0.25) is 9.97 Å². The number of aromatic nitrogens is 2. The highest BCUT2D eigenvalue weighted by molar-refractivity contribution is 9.10. The van der Waals surface area contributed by atoms with Gasteiger partial charge in [0.1, 0.15) is 17.8 Å². The van der Waals surface area contributed by atoms with Crippen molar-refractivity contribution in [1.29, 1.82) is 0 Å². The number of pyridine rings is 2. The average Bonchev–Trinajstić information content (AvgIpc) is 3.48. The van der Waals surface area contributed by atoms with Crippen molar-refractivity contribution in [2.75, 3.05) is 0 Å². The third-order valence-electron chi connectivity index (χ3n) is 5.60. The van der Waals surface area contributed by atoms with Gasteiger partial charge in [0.25, 0.3) is 0 Å². The van der Waals surface area contributed by atoms with Crippen molar-refractivity contribution in [3.63, 3.8) is 0 Å². The minimum Gasteiger partial charge on any atom is -0.465 e. The predicted molar refractivity (Wildman–Crippen MR) is 127 cm³/mol. The van der Waals surface area contributed by atoms with Gasteiger partial charge in [-0.2, -0.15) is 0 Å². The topological polar surface area (TPSA) is 70.5 Å². The van der Waals surface area contributed by atoms with Crippen LogP contribution in [0.3, 0.4) is 0 Å². The van der Waals surface area contributed by atoms with Crippen molar-refractivity contribution < 1.29 is 18.1 Å². The molecule has 4 aromatic rings. The molecule has 0 aliphatic carbocycles. The summed E-state index contributed by atoms with van der Waals surface area (Å²) in [7, 11) is -0.394. The van der Waals surface area contributed by atoms with Crippen molar-refractivity contribution in [2.45, 2.75) is 38.9 Å². The first-order chi connectivity index (χ1) is 15.2. The third-order valence-corrected chi connectivity index (χ3v) is 6.02. The minimum absolute atomic E-state index is 0.344. The van der Waals surface area contributed by atoms with Crippen LogP contribution in [0.1, 0.15) is 27.7 Å². The van der Waals surface area contributed by atoms with E-state index in [1.165, 1.54) is 0 Å². The normalized spacial score (nSPS) is 16.5. The van der Waals surface area contributed by atoms with E-state index in [9.17, 15) is 0 Å². The molecule has 0 radical (unpaired) electrons. The fourth-order valence-corrected chi connectivity index (χ4v) is 3.39. The first kappa shape index (κ1) is 22.5. The molecule has 1 saturated heterocycles. The molecule has 0 N–H and O–H groups in total. The van der Waals surface area contributed by atoms with E-state index in [2.05, 4.69) is 25.9 Å². The summed E-state index contributed by atoms with van der Waals surface area (Å²) in [6.07, 6.45) is 10.4. The number of halogens is 1. The summed E-state index contributed by atoms with van der Waals surface area (Å²) in [6, 6.07) is 11.5. The molecule has 164 valence electrons. The highest BCUT2D eigenvalue weighted by Crippen LogP contribution is 2.36.